The van der Waals surface area contributed by atoms with Crippen LogP contribution in [0.2, 0.25) is 0 Å². The third-order valence-electron chi connectivity index (χ3n) is 21.6. The third-order valence-corrected chi connectivity index (χ3v) is 21.6. The summed E-state index contributed by atoms with van der Waals surface area (Å²) < 4.78 is 74.8. The van der Waals surface area contributed by atoms with Crippen molar-refractivity contribution in [2.75, 3.05) is 13.2 Å². The number of benzene rings is 10. The molecule has 10 aromatic carbocycles. The molecule has 0 saturated carbocycles. The summed E-state index contributed by atoms with van der Waals surface area (Å²) in [5.41, 5.74) is -24.1. The van der Waals surface area contributed by atoms with Gasteiger partial charge in [-0.1, -0.05) is 0 Å². The molecule has 10 atom stereocenters. The molecular formula is C82H54O52. The first-order valence-electron chi connectivity index (χ1n) is 37.2. The van der Waals surface area contributed by atoms with Crippen molar-refractivity contribution in [1.29, 1.82) is 0 Å². The van der Waals surface area contributed by atoms with Crippen LogP contribution in [0.1, 0.15) is 104 Å². The van der Waals surface area contributed by atoms with Crippen molar-refractivity contribution in [3.05, 3.63) is 122 Å². The Bertz CT molecular complexity index is 6960. The highest BCUT2D eigenvalue weighted by molar-refractivity contribution is 6.13. The van der Waals surface area contributed by atoms with Gasteiger partial charge in [0.1, 0.15) is 42.1 Å². The lowest BCUT2D eigenvalue weighted by Gasteiger charge is -2.43. The second-order valence-electron chi connectivity index (χ2n) is 29.4. The maximum atomic E-state index is 16.1. The third kappa shape index (κ3) is 13.9. The van der Waals surface area contributed by atoms with E-state index in [0.717, 1.165) is 0 Å². The molecule has 10 unspecified atom stereocenters. The smallest absolute Gasteiger partial charge is 0.343 e. The Kier molecular flexibility index (Phi) is 20.9. The van der Waals surface area contributed by atoms with E-state index in [0.29, 0.717) is 30.3 Å². The van der Waals surface area contributed by atoms with Crippen molar-refractivity contribution in [2.24, 2.45) is 0 Å². The summed E-state index contributed by atoms with van der Waals surface area (Å²) in [7, 11) is 0. The van der Waals surface area contributed by atoms with E-state index in [1.54, 1.807) is 0 Å². The number of cyclic esters (lactones) is 2. The Labute approximate surface area is 734 Å². The van der Waals surface area contributed by atoms with Crippen molar-refractivity contribution in [1.82, 2.24) is 0 Å². The fourth-order valence-corrected chi connectivity index (χ4v) is 15.1. The first-order chi connectivity index (χ1) is 63.1. The molecule has 0 aliphatic carbocycles. The number of carbonyl (C=O) groups is 10. The minimum Gasteiger partial charge on any atom is -0.504 e. The van der Waals surface area contributed by atoms with Gasteiger partial charge in [-0.2, -0.15) is 0 Å². The summed E-state index contributed by atoms with van der Waals surface area (Å²) in [4.78, 5) is 150. The number of rotatable bonds is 6. The van der Waals surface area contributed by atoms with E-state index in [1.807, 2.05) is 0 Å². The maximum absolute atomic E-state index is 16.1. The second-order valence-corrected chi connectivity index (χ2v) is 29.4. The largest absolute Gasteiger partial charge is 0.504 e. The van der Waals surface area contributed by atoms with Gasteiger partial charge >= 0.3 is 59.7 Å². The molecule has 0 radical (unpaired) electrons. The Morgan fingerprint density at radius 2 is 0.507 bits per heavy atom. The predicted octanol–water partition coefficient (Wildman–Crippen LogP) is 3.69. The van der Waals surface area contributed by atoms with Crippen molar-refractivity contribution < 1.29 is 258 Å². The number of carbonyl (C=O) groups excluding carboxylic acids is 10. The normalized spacial score (nSPS) is 20.1. The van der Waals surface area contributed by atoms with Gasteiger partial charge in [0.05, 0.1) is 44.5 Å². The van der Waals surface area contributed by atoms with Crippen LogP contribution in [0.4, 0.5) is 0 Å². The number of fused-ring (bicyclic) bond motifs is 20. The number of phenolic OH excluding ortho intramolecular Hbond substituents is 29. The Morgan fingerprint density at radius 1 is 0.231 bits per heavy atom. The Morgan fingerprint density at radius 3 is 0.888 bits per heavy atom. The van der Waals surface area contributed by atoms with Gasteiger partial charge in [-0.15, -0.1) is 0 Å². The molecule has 694 valence electrons. The van der Waals surface area contributed by atoms with E-state index in [4.69, 9.17) is 61.6 Å². The minimum atomic E-state index is -3.08. The molecule has 2 saturated heterocycles. The van der Waals surface area contributed by atoms with Gasteiger partial charge in [-0.3, -0.25) is 0 Å². The molecule has 0 aromatic heterocycles. The lowest BCUT2D eigenvalue weighted by molar-refractivity contribution is -0.282. The molecule has 16 rings (SSSR count). The molecule has 6 heterocycles. The quantitative estimate of drug-likeness (QED) is 0.0641. The fourth-order valence-electron chi connectivity index (χ4n) is 15.1. The van der Waals surface area contributed by atoms with E-state index in [2.05, 4.69) is 0 Å². The van der Waals surface area contributed by atoms with Gasteiger partial charge < -0.3 is 210 Å². The summed E-state index contributed by atoms with van der Waals surface area (Å²) >= 11 is 0. The molecule has 2 fully saturated rings. The first kappa shape index (κ1) is 88.3. The van der Waals surface area contributed by atoms with Crippen LogP contribution >= 0.6 is 0 Å². The Hall–Kier alpha value is -19.2. The maximum Gasteiger partial charge on any atom is 0.343 e. The molecule has 134 heavy (non-hydrogen) atoms. The lowest BCUT2D eigenvalue weighted by atomic mass is 9.91. The van der Waals surface area contributed by atoms with Crippen LogP contribution in [0.25, 0.3) is 44.5 Å². The van der Waals surface area contributed by atoms with Crippen LogP contribution in [0.5, 0.6) is 178 Å². The number of ether oxygens (including phenoxy) is 13. The number of hydrogen-bond acceptors (Lipinski definition) is 52. The van der Waals surface area contributed by atoms with Crippen LogP contribution in [-0.2, 0) is 56.8 Å². The number of hydrogen-bond donors (Lipinski definition) is 29. The van der Waals surface area contributed by atoms with Crippen LogP contribution in [-0.4, -0.2) is 282 Å². The van der Waals surface area contributed by atoms with Gasteiger partial charge in [0.2, 0.25) is 82.3 Å². The van der Waals surface area contributed by atoms with Crippen molar-refractivity contribution in [3.63, 3.8) is 0 Å². The summed E-state index contributed by atoms with van der Waals surface area (Å²) in [6.45, 7) is -3.22. The highest BCUT2D eigenvalue weighted by Gasteiger charge is 2.59. The van der Waals surface area contributed by atoms with E-state index in [1.165, 1.54) is 0 Å². The zero-order valence-electron chi connectivity index (χ0n) is 65.4. The monoisotopic (exact) mass is 1870 g/mol. The van der Waals surface area contributed by atoms with Crippen LogP contribution < -0.4 is 4.74 Å². The number of phenols is 29. The van der Waals surface area contributed by atoms with E-state index >= 15 is 28.8 Å². The van der Waals surface area contributed by atoms with Gasteiger partial charge in [-0.25, -0.2) is 47.9 Å². The average molecular weight is 1870 g/mol. The molecule has 52 heteroatoms. The number of esters is 10. The highest BCUT2D eigenvalue weighted by atomic mass is 16.8. The summed E-state index contributed by atoms with van der Waals surface area (Å²) in [6, 6.07) is 3.19. The van der Waals surface area contributed by atoms with Gasteiger partial charge in [0.25, 0.3) is 0 Å². The van der Waals surface area contributed by atoms with Crippen molar-refractivity contribution in [2.45, 2.75) is 61.4 Å². The van der Waals surface area contributed by atoms with E-state index in [9.17, 15) is 167 Å². The first-order valence-corrected chi connectivity index (χ1v) is 37.2. The Balaban J connectivity index is 0.851. The van der Waals surface area contributed by atoms with E-state index in [-0.39, 0.29) is 36.4 Å². The molecule has 0 spiro atoms. The molecular weight excluding hydrogens is 1820 g/mol. The average Bonchev–Trinajstić information content (AvgIpc) is 1.25. The zero-order valence-corrected chi connectivity index (χ0v) is 65.4. The van der Waals surface area contributed by atoms with Gasteiger partial charge in [-0.05, 0) is 66.7 Å². The van der Waals surface area contributed by atoms with Crippen molar-refractivity contribution >= 4 is 59.7 Å². The molecule has 6 aliphatic heterocycles. The van der Waals surface area contributed by atoms with Crippen LogP contribution in [0.15, 0.2) is 66.7 Å². The SMILES string of the molecule is O=C(OC1OC2COC(=O)c3cc(O)c(O)c(O)c3-c3c(cc(O)c(O)c3O)C(=O)OC2C2OC(=O)c3cc(c(O)c(O)c3O)-c3c(cc(O)c(O)c3O)C(=O)OC12)c1cc(O)c(O)c(Oc2c(O)c(O)c(O)c3c2C(=O)OC2C(COC(=O)c4cc(O)c(O)c(O)c4-3)OC(OC(=O)c3cc(O)c(O)c(O)c3)C3OC(=O)c4cc(O)c(O)c(O)c4-c4cc(c(O)c(O)c4O)C(=O)OC23)c1. The molecule has 29 N–H and O–H groups in total. The molecule has 52 nitrogen and oxygen atoms in total. The lowest BCUT2D eigenvalue weighted by Crippen LogP contribution is -2.63. The standard InChI is InChI=1S/C82H54O52/c83-25-1-14(2-26(84)47(25)95)71(112)133-81-70-68(130-79(120)24-6-17(44(92)61(109)46(24)94)37-19(76(117)132-70)8-29(87)50(98)55(37)103)65-35(126-81)13-123-74(115)21-10-31(89)53(101)58(106)40(21)41-42(80(121)128-65)66(63(111)62(110)59(41)107)124-33-4-15(3-27(85)48(33)96)72(113)134-82-69-67(129-78(119)23-5-16(43(91)60(108)45(23)93)36-18(75(116)131-69)7-28(86)49(97)54(36)102)64-34(125-82)12-122-73(114)20-9-30(88)51(99)56(104)38(20)39-22(77(118)127-64)11-32(90)52(100)57(39)105/h1-11,34-35,64-65,67-70,81-111H,12-13H2. The topological polar surface area (TPSA) is 877 Å². The van der Waals surface area contributed by atoms with Crippen molar-refractivity contribution in [3.8, 4) is 223 Å². The van der Waals surface area contributed by atoms with Crippen LogP contribution in [0.3, 0.4) is 0 Å². The van der Waals surface area contributed by atoms with Gasteiger partial charge in [0, 0.05) is 38.9 Å². The van der Waals surface area contributed by atoms with Crippen LogP contribution in [0, 0.1) is 0 Å². The summed E-state index contributed by atoms with van der Waals surface area (Å²) in [5.74, 6) is -70.8. The molecule has 6 aliphatic rings. The molecule has 0 amide bonds. The minimum absolute atomic E-state index is 0.164. The zero-order chi connectivity index (χ0) is 97.2. The summed E-state index contributed by atoms with van der Waals surface area (Å²) in [6.07, 6.45) is -29.0. The number of aromatic hydroxyl groups is 29. The van der Waals surface area contributed by atoms with E-state index < -0.39 is 413 Å². The molecule has 10 aromatic rings. The van der Waals surface area contributed by atoms with Gasteiger partial charge in [0.15, 0.2) is 145 Å². The molecule has 4 bridgehead atoms. The highest BCUT2D eigenvalue weighted by Crippen LogP contribution is 2.62. The summed E-state index contributed by atoms with van der Waals surface area (Å²) in [5, 5.41) is 325. The fraction of sp³-hybridized carbons (Fsp3) is 0.146. The predicted molar refractivity (Wildman–Crippen MR) is 413 cm³/mol. The second kappa shape index (κ2) is 31.7.